The van der Waals surface area contributed by atoms with Crippen LogP contribution in [0, 0.1) is 11.6 Å². The number of likely N-dealkylation sites (N-methyl/N-ethyl adjacent to an activating group) is 1. The molecule has 1 aromatic carbocycles. The van der Waals surface area contributed by atoms with Gasteiger partial charge in [-0.25, -0.2) is 18.4 Å². The van der Waals surface area contributed by atoms with Crippen LogP contribution in [0.4, 0.5) is 13.6 Å². The van der Waals surface area contributed by atoms with Gasteiger partial charge >= 0.3 is 12.1 Å². The highest BCUT2D eigenvalue weighted by Crippen LogP contribution is 2.30. The highest BCUT2D eigenvalue weighted by molar-refractivity contribution is 5.99. The number of hydrogen-bond donors (Lipinski definition) is 1. The molecule has 0 aliphatic carbocycles. The minimum absolute atomic E-state index is 0.0306. The van der Waals surface area contributed by atoms with Crippen molar-refractivity contribution in [1.29, 1.82) is 0 Å². The van der Waals surface area contributed by atoms with Gasteiger partial charge in [-0.15, -0.1) is 0 Å². The molecule has 1 saturated heterocycles. The zero-order chi connectivity index (χ0) is 31.3. The standard InChI is InChI=1S/C27H30F2N4O10/c1-15-12-40-20-11-32-10-18(25(36)30-9-16-4-5-17(28)8-19(16)29)23(35)24(22(32)26(37)33(15)20)42-14-43-27(38)41-13-21(34)39-7-6-31(2)3/h4-5,8,10,15,20H,6-7,9,11-14H2,1-3H3,(H,30,36). The van der Waals surface area contributed by atoms with Crippen molar-refractivity contribution in [1.82, 2.24) is 19.7 Å². The van der Waals surface area contributed by atoms with Gasteiger partial charge in [-0.05, 0) is 27.1 Å². The number of hydrogen-bond acceptors (Lipinski definition) is 11. The van der Waals surface area contributed by atoms with Crippen LogP contribution in [-0.2, 0) is 36.8 Å². The fraction of sp³-hybridized carbons (Fsp3) is 0.444. The third kappa shape index (κ3) is 7.45. The number of pyridine rings is 1. The molecule has 43 heavy (non-hydrogen) atoms. The van der Waals surface area contributed by atoms with Crippen molar-refractivity contribution >= 4 is 23.9 Å². The zero-order valence-corrected chi connectivity index (χ0v) is 23.6. The summed E-state index contributed by atoms with van der Waals surface area (Å²) in [6.45, 7) is 0.583. The Hall–Kier alpha value is -4.57. The second-order valence-electron chi connectivity index (χ2n) is 9.94. The monoisotopic (exact) mass is 608 g/mol. The molecule has 4 rings (SSSR count). The van der Waals surface area contributed by atoms with E-state index in [4.69, 9.17) is 18.9 Å². The molecular weight excluding hydrogens is 578 g/mol. The van der Waals surface area contributed by atoms with Gasteiger partial charge in [0.1, 0.15) is 23.8 Å². The summed E-state index contributed by atoms with van der Waals surface area (Å²) in [7, 11) is 3.57. The van der Waals surface area contributed by atoms with E-state index >= 15 is 0 Å². The molecule has 232 valence electrons. The number of rotatable bonds is 11. The minimum atomic E-state index is -1.32. The van der Waals surface area contributed by atoms with E-state index in [0.29, 0.717) is 12.6 Å². The van der Waals surface area contributed by atoms with Crippen LogP contribution < -0.4 is 15.5 Å². The van der Waals surface area contributed by atoms with Gasteiger partial charge in [-0.3, -0.25) is 14.4 Å². The van der Waals surface area contributed by atoms with Gasteiger partial charge in [-0.2, -0.15) is 0 Å². The lowest BCUT2D eigenvalue weighted by Crippen LogP contribution is -2.49. The van der Waals surface area contributed by atoms with Gasteiger partial charge < -0.3 is 43.4 Å². The molecule has 0 spiro atoms. The molecule has 0 saturated carbocycles. The predicted molar refractivity (Wildman–Crippen MR) is 141 cm³/mol. The van der Waals surface area contributed by atoms with Crippen molar-refractivity contribution in [3.8, 4) is 5.75 Å². The van der Waals surface area contributed by atoms with E-state index in [-0.39, 0.29) is 43.6 Å². The number of aromatic nitrogens is 1. The number of carbonyl (C=O) groups excluding carboxylic acids is 4. The number of benzene rings is 1. The lowest BCUT2D eigenvalue weighted by molar-refractivity contribution is -0.148. The predicted octanol–water partition coefficient (Wildman–Crippen LogP) is 0.851. The molecule has 0 bridgehead atoms. The Kier molecular flexibility index (Phi) is 9.92. The molecule has 2 aromatic rings. The molecular formula is C27H30F2N4O10. The number of ether oxygens (including phenoxy) is 5. The van der Waals surface area contributed by atoms with Gasteiger partial charge in [0.05, 0.1) is 19.2 Å². The Morgan fingerprint density at radius 2 is 1.91 bits per heavy atom. The number of esters is 1. The van der Waals surface area contributed by atoms with Crippen LogP contribution in [0.5, 0.6) is 5.75 Å². The summed E-state index contributed by atoms with van der Waals surface area (Å²) < 4.78 is 54.0. The Morgan fingerprint density at radius 3 is 2.63 bits per heavy atom. The largest absolute Gasteiger partial charge is 0.511 e. The smallest absolute Gasteiger partial charge is 0.462 e. The normalized spacial score (nSPS) is 17.3. The van der Waals surface area contributed by atoms with E-state index in [1.54, 1.807) is 25.9 Å². The van der Waals surface area contributed by atoms with Crippen molar-refractivity contribution in [2.45, 2.75) is 32.3 Å². The number of amides is 2. The number of fused-ring (bicyclic) bond motifs is 2. The molecule has 3 heterocycles. The Balaban J connectivity index is 1.49. The second kappa shape index (κ2) is 13.6. The van der Waals surface area contributed by atoms with Crippen LogP contribution in [0.25, 0.3) is 0 Å². The van der Waals surface area contributed by atoms with Gasteiger partial charge in [0.2, 0.25) is 18.0 Å². The first kappa shape index (κ1) is 31.4. The summed E-state index contributed by atoms with van der Waals surface area (Å²) >= 11 is 0. The van der Waals surface area contributed by atoms with Crippen molar-refractivity contribution in [2.24, 2.45) is 0 Å². The molecule has 2 amide bonds. The first-order valence-electron chi connectivity index (χ1n) is 13.1. The van der Waals surface area contributed by atoms with Crippen molar-refractivity contribution in [3.05, 3.63) is 63.1 Å². The van der Waals surface area contributed by atoms with E-state index < -0.39 is 71.9 Å². The fourth-order valence-electron chi connectivity index (χ4n) is 4.37. The number of nitrogens with one attached hydrogen (secondary N) is 1. The van der Waals surface area contributed by atoms with Crippen molar-refractivity contribution < 1.29 is 51.6 Å². The van der Waals surface area contributed by atoms with Crippen LogP contribution in [0.15, 0.2) is 29.2 Å². The Labute approximate surface area is 244 Å². The highest BCUT2D eigenvalue weighted by Gasteiger charge is 2.43. The lowest BCUT2D eigenvalue weighted by atomic mass is 10.1. The van der Waals surface area contributed by atoms with Crippen LogP contribution in [0.2, 0.25) is 0 Å². The number of nitrogens with zero attached hydrogens (tertiary/aromatic N) is 3. The third-order valence-electron chi connectivity index (χ3n) is 6.53. The zero-order valence-electron chi connectivity index (χ0n) is 23.6. The summed E-state index contributed by atoms with van der Waals surface area (Å²) in [6, 6.07) is 2.50. The van der Waals surface area contributed by atoms with Crippen LogP contribution in [0.3, 0.4) is 0 Å². The van der Waals surface area contributed by atoms with E-state index in [1.165, 1.54) is 9.47 Å². The summed E-state index contributed by atoms with van der Waals surface area (Å²) in [5.74, 6) is -4.63. The summed E-state index contributed by atoms with van der Waals surface area (Å²) in [5.41, 5.74) is -1.71. The summed E-state index contributed by atoms with van der Waals surface area (Å²) in [5, 5.41) is 2.39. The van der Waals surface area contributed by atoms with Crippen LogP contribution >= 0.6 is 0 Å². The molecule has 0 radical (unpaired) electrons. The van der Waals surface area contributed by atoms with E-state index in [0.717, 1.165) is 18.3 Å². The highest BCUT2D eigenvalue weighted by atomic mass is 19.1. The third-order valence-corrected chi connectivity index (χ3v) is 6.53. The molecule has 16 heteroatoms. The van der Waals surface area contributed by atoms with E-state index in [9.17, 15) is 32.8 Å². The average Bonchev–Trinajstić information content (AvgIpc) is 3.32. The Bertz CT molecular complexity index is 1460. The molecule has 1 fully saturated rings. The van der Waals surface area contributed by atoms with Gasteiger partial charge in [-0.1, -0.05) is 6.07 Å². The minimum Gasteiger partial charge on any atom is -0.462 e. The molecule has 2 aliphatic rings. The molecule has 2 atom stereocenters. The molecule has 1 N–H and O–H groups in total. The maximum atomic E-state index is 14.0. The molecule has 2 unspecified atom stereocenters. The van der Waals surface area contributed by atoms with E-state index in [1.807, 2.05) is 0 Å². The second-order valence-corrected chi connectivity index (χ2v) is 9.94. The summed E-state index contributed by atoms with van der Waals surface area (Å²) in [6.07, 6.45) is -0.834. The molecule has 14 nitrogen and oxygen atoms in total. The lowest BCUT2D eigenvalue weighted by Gasteiger charge is -2.34. The number of carbonyl (C=O) groups is 4. The molecule has 2 aliphatic heterocycles. The van der Waals surface area contributed by atoms with Crippen molar-refractivity contribution in [3.63, 3.8) is 0 Å². The van der Waals surface area contributed by atoms with Crippen LogP contribution in [0.1, 0.15) is 33.3 Å². The quantitative estimate of drug-likeness (QED) is 0.285. The first-order chi connectivity index (χ1) is 20.5. The molecule has 1 aromatic heterocycles. The van der Waals surface area contributed by atoms with Crippen molar-refractivity contribution in [2.75, 3.05) is 47.3 Å². The summed E-state index contributed by atoms with van der Waals surface area (Å²) in [4.78, 5) is 66.7. The SMILES string of the molecule is CC1COC2Cn3cc(C(=O)NCc4ccc(F)cc4F)c(=O)c(OCOC(=O)OCC(=O)OCCN(C)C)c3C(=O)N12. The fourth-order valence-corrected chi connectivity index (χ4v) is 4.37. The van der Waals surface area contributed by atoms with Gasteiger partial charge in [0.25, 0.3) is 11.8 Å². The first-order valence-corrected chi connectivity index (χ1v) is 13.1. The maximum absolute atomic E-state index is 14.0. The number of halogens is 2. The Morgan fingerprint density at radius 1 is 1.14 bits per heavy atom. The van der Waals surface area contributed by atoms with Crippen LogP contribution in [-0.4, -0.2) is 97.8 Å². The topological polar surface area (TPSA) is 155 Å². The van der Waals surface area contributed by atoms with Gasteiger partial charge in [0.15, 0.2) is 18.5 Å². The van der Waals surface area contributed by atoms with Gasteiger partial charge in [0, 0.05) is 30.9 Å². The average molecular weight is 609 g/mol. The maximum Gasteiger partial charge on any atom is 0.511 e. The van der Waals surface area contributed by atoms with E-state index in [2.05, 4.69) is 10.1 Å².